The van der Waals surface area contributed by atoms with E-state index in [1.807, 2.05) is 26.2 Å². The lowest BCUT2D eigenvalue weighted by Crippen LogP contribution is -2.11. The molecule has 2 heterocycles. The van der Waals surface area contributed by atoms with E-state index in [1.165, 1.54) is 5.56 Å². The molecule has 98 valence electrons. The van der Waals surface area contributed by atoms with Crippen molar-refractivity contribution in [2.75, 3.05) is 6.54 Å². The third-order valence-electron chi connectivity index (χ3n) is 2.70. The van der Waals surface area contributed by atoms with E-state index in [1.54, 1.807) is 10.9 Å². The maximum atomic E-state index is 5.65. The Labute approximate surface area is 107 Å². The fraction of sp³-hybridized carbons (Fsp3) is 0.462. The second kappa shape index (κ2) is 5.73. The molecule has 0 aliphatic rings. The zero-order valence-electron chi connectivity index (χ0n) is 11.1. The van der Waals surface area contributed by atoms with Crippen LogP contribution in [0.4, 0.5) is 0 Å². The second-order valence-corrected chi connectivity index (χ2v) is 4.21. The molecule has 0 aromatic carbocycles. The van der Waals surface area contributed by atoms with Gasteiger partial charge in [-0.05, 0) is 19.5 Å². The summed E-state index contributed by atoms with van der Waals surface area (Å²) in [5.41, 5.74) is 1.18. The third kappa shape index (κ3) is 3.13. The number of aryl methyl sites for hydroxylation is 2. The van der Waals surface area contributed by atoms with Crippen molar-refractivity contribution in [1.29, 1.82) is 0 Å². The molecule has 0 aliphatic heterocycles. The van der Waals surface area contributed by atoms with Crippen LogP contribution in [-0.2, 0) is 20.2 Å². The summed E-state index contributed by atoms with van der Waals surface area (Å²) in [4.78, 5) is 0. The van der Waals surface area contributed by atoms with E-state index in [0.29, 0.717) is 6.61 Å². The summed E-state index contributed by atoms with van der Waals surface area (Å²) in [5, 5.41) is 7.32. The topological polar surface area (TPSA) is 52.2 Å². The Balaban J connectivity index is 1.93. The molecule has 0 saturated carbocycles. The highest BCUT2D eigenvalue weighted by molar-refractivity contribution is 5.21. The van der Waals surface area contributed by atoms with Crippen LogP contribution in [0.3, 0.4) is 0 Å². The lowest BCUT2D eigenvalue weighted by Gasteiger charge is -1.99. The summed E-state index contributed by atoms with van der Waals surface area (Å²) in [6.07, 6.45) is 3.52. The molecule has 2 aromatic rings. The molecular formula is C13H19N3O2. The highest BCUT2D eigenvalue weighted by Gasteiger charge is 2.08. The van der Waals surface area contributed by atoms with Crippen LogP contribution in [-0.4, -0.2) is 16.3 Å². The van der Waals surface area contributed by atoms with Crippen molar-refractivity contribution in [2.24, 2.45) is 7.05 Å². The van der Waals surface area contributed by atoms with E-state index in [-0.39, 0.29) is 0 Å². The van der Waals surface area contributed by atoms with Crippen LogP contribution in [0.5, 0.6) is 5.75 Å². The summed E-state index contributed by atoms with van der Waals surface area (Å²) >= 11 is 0. The first-order valence-corrected chi connectivity index (χ1v) is 6.09. The van der Waals surface area contributed by atoms with Gasteiger partial charge in [-0.2, -0.15) is 5.10 Å². The molecule has 0 bridgehead atoms. The van der Waals surface area contributed by atoms with Crippen LogP contribution in [0.25, 0.3) is 0 Å². The van der Waals surface area contributed by atoms with Crippen LogP contribution in [0.15, 0.2) is 22.9 Å². The summed E-state index contributed by atoms with van der Waals surface area (Å²) in [6, 6.07) is 2.04. The van der Waals surface area contributed by atoms with Gasteiger partial charge < -0.3 is 14.5 Å². The van der Waals surface area contributed by atoms with Gasteiger partial charge in [0.25, 0.3) is 0 Å². The van der Waals surface area contributed by atoms with Gasteiger partial charge in [-0.3, -0.25) is 4.68 Å². The van der Waals surface area contributed by atoms with Crippen molar-refractivity contribution in [3.8, 4) is 5.75 Å². The van der Waals surface area contributed by atoms with Crippen molar-refractivity contribution in [1.82, 2.24) is 15.1 Å². The quantitative estimate of drug-likeness (QED) is 0.851. The Bertz CT molecular complexity index is 502. The Morgan fingerprint density at radius 2 is 2.33 bits per heavy atom. The number of nitrogens with one attached hydrogen (secondary N) is 1. The lowest BCUT2D eigenvalue weighted by atomic mass is 10.2. The maximum Gasteiger partial charge on any atom is 0.157 e. The van der Waals surface area contributed by atoms with Gasteiger partial charge >= 0.3 is 0 Å². The summed E-state index contributed by atoms with van der Waals surface area (Å²) < 4.78 is 12.9. The molecule has 0 atom stereocenters. The predicted octanol–water partition coefficient (Wildman–Crippen LogP) is 2.01. The fourth-order valence-electron chi connectivity index (χ4n) is 1.72. The maximum absolute atomic E-state index is 5.65. The minimum absolute atomic E-state index is 0.429. The number of hydrogen-bond donors (Lipinski definition) is 1. The number of furan rings is 1. The zero-order chi connectivity index (χ0) is 13.0. The monoisotopic (exact) mass is 249 g/mol. The normalized spacial score (nSPS) is 10.8. The SMILES string of the molecule is CCNCc1cc(COc2cnn(C)c2)oc1C. The Morgan fingerprint density at radius 1 is 1.50 bits per heavy atom. The molecule has 18 heavy (non-hydrogen) atoms. The average molecular weight is 249 g/mol. The van der Waals surface area contributed by atoms with Crippen molar-refractivity contribution in [3.05, 3.63) is 35.5 Å². The van der Waals surface area contributed by atoms with Crippen LogP contribution in [0.2, 0.25) is 0 Å². The lowest BCUT2D eigenvalue weighted by molar-refractivity contribution is 0.267. The molecule has 2 aromatic heterocycles. The van der Waals surface area contributed by atoms with Crippen molar-refractivity contribution < 1.29 is 9.15 Å². The standard InChI is InChI=1S/C13H19N3O2/c1-4-14-6-11-5-12(18-10(11)2)9-17-13-7-15-16(3)8-13/h5,7-8,14H,4,6,9H2,1-3H3. The van der Waals surface area contributed by atoms with Gasteiger partial charge in [-0.1, -0.05) is 6.92 Å². The van der Waals surface area contributed by atoms with E-state index in [9.17, 15) is 0 Å². The van der Waals surface area contributed by atoms with Crippen LogP contribution < -0.4 is 10.1 Å². The molecule has 0 saturated heterocycles. The van der Waals surface area contributed by atoms with Crippen molar-refractivity contribution >= 4 is 0 Å². The van der Waals surface area contributed by atoms with Gasteiger partial charge in [0.1, 0.15) is 18.1 Å². The molecule has 5 nitrogen and oxygen atoms in total. The fourth-order valence-corrected chi connectivity index (χ4v) is 1.72. The highest BCUT2D eigenvalue weighted by atomic mass is 16.5. The van der Waals surface area contributed by atoms with Gasteiger partial charge in [-0.25, -0.2) is 0 Å². The molecular weight excluding hydrogens is 230 g/mol. The minimum atomic E-state index is 0.429. The molecule has 0 aliphatic carbocycles. The van der Waals surface area contributed by atoms with Gasteiger partial charge in [-0.15, -0.1) is 0 Å². The Hall–Kier alpha value is -1.75. The van der Waals surface area contributed by atoms with E-state index in [4.69, 9.17) is 9.15 Å². The highest BCUT2D eigenvalue weighted by Crippen LogP contribution is 2.17. The van der Waals surface area contributed by atoms with Gasteiger partial charge in [0, 0.05) is 19.2 Å². The van der Waals surface area contributed by atoms with E-state index in [2.05, 4.69) is 17.3 Å². The number of nitrogens with zero attached hydrogens (tertiary/aromatic N) is 2. The second-order valence-electron chi connectivity index (χ2n) is 4.21. The van der Waals surface area contributed by atoms with E-state index < -0.39 is 0 Å². The van der Waals surface area contributed by atoms with E-state index >= 15 is 0 Å². The zero-order valence-corrected chi connectivity index (χ0v) is 11.1. The van der Waals surface area contributed by atoms with Crippen LogP contribution in [0, 0.1) is 6.92 Å². The van der Waals surface area contributed by atoms with Crippen molar-refractivity contribution in [2.45, 2.75) is 27.0 Å². The van der Waals surface area contributed by atoms with Crippen molar-refractivity contribution in [3.63, 3.8) is 0 Å². The first-order chi connectivity index (χ1) is 8.69. The number of rotatable bonds is 6. The van der Waals surface area contributed by atoms with Gasteiger partial charge in [0.05, 0.1) is 12.4 Å². The van der Waals surface area contributed by atoms with Gasteiger partial charge in [0.2, 0.25) is 0 Å². The molecule has 0 fully saturated rings. The van der Waals surface area contributed by atoms with E-state index in [0.717, 1.165) is 30.4 Å². The Kier molecular flexibility index (Phi) is 4.04. The molecule has 0 unspecified atom stereocenters. The number of hydrogen-bond acceptors (Lipinski definition) is 4. The third-order valence-corrected chi connectivity index (χ3v) is 2.70. The number of ether oxygens (including phenoxy) is 1. The smallest absolute Gasteiger partial charge is 0.157 e. The molecule has 0 amide bonds. The number of aromatic nitrogens is 2. The van der Waals surface area contributed by atoms with Crippen LogP contribution >= 0.6 is 0 Å². The largest absolute Gasteiger partial charge is 0.482 e. The molecule has 0 spiro atoms. The predicted molar refractivity (Wildman–Crippen MR) is 68.4 cm³/mol. The molecule has 5 heteroatoms. The van der Waals surface area contributed by atoms with Gasteiger partial charge in [0.15, 0.2) is 5.75 Å². The Morgan fingerprint density at radius 3 is 3.00 bits per heavy atom. The van der Waals surface area contributed by atoms with Crippen LogP contribution in [0.1, 0.15) is 24.0 Å². The average Bonchev–Trinajstić information content (AvgIpc) is 2.91. The first kappa shape index (κ1) is 12.7. The first-order valence-electron chi connectivity index (χ1n) is 6.09. The summed E-state index contributed by atoms with van der Waals surface area (Å²) in [5.74, 6) is 2.53. The molecule has 2 rings (SSSR count). The molecule has 0 radical (unpaired) electrons. The summed E-state index contributed by atoms with van der Waals surface area (Å²) in [7, 11) is 1.86. The minimum Gasteiger partial charge on any atom is -0.482 e. The molecule has 1 N–H and O–H groups in total. The summed E-state index contributed by atoms with van der Waals surface area (Å²) in [6.45, 7) is 6.27.